The second kappa shape index (κ2) is 14.5. The third-order valence-electron chi connectivity index (χ3n) is 5.22. The summed E-state index contributed by atoms with van der Waals surface area (Å²) < 4.78 is 5.43. The second-order valence-electron chi connectivity index (χ2n) is 7.65. The summed E-state index contributed by atoms with van der Waals surface area (Å²) in [6.45, 7) is 6.06. The smallest absolute Gasteiger partial charge is 0.243 e. The van der Waals surface area contributed by atoms with E-state index in [-0.39, 0.29) is 42.5 Å². The number of hydrogen-bond donors (Lipinski definition) is 2. The Kier molecular flexibility index (Phi) is 12.8. The van der Waals surface area contributed by atoms with E-state index in [2.05, 4.69) is 39.6 Å². The largest absolute Gasteiger partial charge is 0.497 e. The number of ether oxygens (including phenoxy) is 1. The molecule has 1 amide bonds. The Morgan fingerprint density at radius 1 is 1.27 bits per heavy atom. The SMILES string of the molecule is CCCCNC(=NCC(=O)N(C)C)NCC(c1cccc(OC)c1)N1CCCC1.I. The predicted octanol–water partition coefficient (Wildman–Crippen LogP) is 2.87. The van der Waals surface area contributed by atoms with Gasteiger partial charge in [0.15, 0.2) is 5.96 Å². The van der Waals surface area contributed by atoms with Crippen molar-refractivity contribution in [1.82, 2.24) is 20.4 Å². The van der Waals surface area contributed by atoms with E-state index in [0.29, 0.717) is 5.96 Å². The van der Waals surface area contributed by atoms with Gasteiger partial charge in [0.05, 0.1) is 13.2 Å². The second-order valence-corrected chi connectivity index (χ2v) is 7.65. The summed E-state index contributed by atoms with van der Waals surface area (Å²) in [5, 5.41) is 6.83. The lowest BCUT2D eigenvalue weighted by atomic mass is 10.1. The number of carbonyl (C=O) groups excluding carboxylic acids is 1. The minimum atomic E-state index is -0.00881. The number of aliphatic imine (C=N–C) groups is 1. The van der Waals surface area contributed by atoms with Crippen LogP contribution in [-0.4, -0.2) is 75.6 Å². The van der Waals surface area contributed by atoms with E-state index in [9.17, 15) is 4.79 Å². The van der Waals surface area contributed by atoms with Crippen LogP contribution >= 0.6 is 24.0 Å². The van der Waals surface area contributed by atoms with Crippen LogP contribution in [0.1, 0.15) is 44.2 Å². The van der Waals surface area contributed by atoms with Gasteiger partial charge in [0.25, 0.3) is 0 Å². The Bertz CT molecular complexity index is 663. The van der Waals surface area contributed by atoms with Crippen molar-refractivity contribution in [1.29, 1.82) is 0 Å². The first-order valence-electron chi connectivity index (χ1n) is 10.7. The van der Waals surface area contributed by atoms with Crippen LogP contribution in [0.4, 0.5) is 0 Å². The maximum absolute atomic E-state index is 12.0. The molecule has 1 heterocycles. The molecule has 0 aliphatic carbocycles. The Hall–Kier alpha value is -1.55. The number of guanidine groups is 1. The molecule has 1 aliphatic heterocycles. The highest BCUT2D eigenvalue weighted by Crippen LogP contribution is 2.27. The molecule has 30 heavy (non-hydrogen) atoms. The molecule has 1 aliphatic rings. The van der Waals surface area contributed by atoms with Gasteiger partial charge in [0.2, 0.25) is 5.91 Å². The monoisotopic (exact) mass is 531 g/mol. The Balaban J connectivity index is 0.00000450. The number of hydrogen-bond acceptors (Lipinski definition) is 4. The number of rotatable bonds is 10. The van der Waals surface area contributed by atoms with Crippen LogP contribution in [-0.2, 0) is 4.79 Å². The van der Waals surface area contributed by atoms with Gasteiger partial charge in [-0.15, -0.1) is 24.0 Å². The normalized spacial score (nSPS) is 15.3. The van der Waals surface area contributed by atoms with Gasteiger partial charge in [-0.2, -0.15) is 0 Å². The minimum Gasteiger partial charge on any atom is -0.497 e. The van der Waals surface area contributed by atoms with E-state index in [1.807, 2.05) is 12.1 Å². The summed E-state index contributed by atoms with van der Waals surface area (Å²) in [5.41, 5.74) is 1.23. The van der Waals surface area contributed by atoms with Gasteiger partial charge in [-0.05, 0) is 50.0 Å². The molecule has 1 saturated heterocycles. The maximum Gasteiger partial charge on any atom is 0.243 e. The highest BCUT2D eigenvalue weighted by Gasteiger charge is 2.24. The summed E-state index contributed by atoms with van der Waals surface area (Å²) >= 11 is 0. The van der Waals surface area contributed by atoms with E-state index in [1.165, 1.54) is 18.4 Å². The van der Waals surface area contributed by atoms with E-state index in [1.54, 1.807) is 26.1 Å². The standard InChI is InChI=1S/C22H37N5O2.HI/c1-5-6-12-23-22(25-17-21(28)26(2)3)24-16-20(27-13-7-8-14-27)18-10-9-11-19(15-18)29-4;/h9-11,15,20H,5-8,12-14,16-17H2,1-4H3,(H2,23,24,25);1H. The third-order valence-corrected chi connectivity index (χ3v) is 5.22. The number of likely N-dealkylation sites (N-methyl/N-ethyl adjacent to an activating group) is 1. The van der Waals surface area contributed by atoms with Crippen molar-refractivity contribution in [3.8, 4) is 5.75 Å². The van der Waals surface area contributed by atoms with Crippen LogP contribution < -0.4 is 15.4 Å². The quantitative estimate of drug-likeness (QED) is 0.210. The molecule has 0 spiro atoms. The van der Waals surface area contributed by atoms with Crippen LogP contribution in [0.25, 0.3) is 0 Å². The summed E-state index contributed by atoms with van der Waals surface area (Å²) in [6, 6.07) is 8.52. The van der Waals surface area contributed by atoms with E-state index in [4.69, 9.17) is 4.74 Å². The molecular weight excluding hydrogens is 493 g/mol. The fourth-order valence-electron chi connectivity index (χ4n) is 3.40. The first-order valence-corrected chi connectivity index (χ1v) is 10.7. The van der Waals surface area contributed by atoms with Gasteiger partial charge >= 0.3 is 0 Å². The topological polar surface area (TPSA) is 69.2 Å². The number of nitrogens with one attached hydrogen (secondary N) is 2. The number of halogens is 1. The van der Waals surface area contributed by atoms with E-state index in [0.717, 1.165) is 44.8 Å². The highest BCUT2D eigenvalue weighted by molar-refractivity contribution is 14.0. The molecule has 1 unspecified atom stereocenters. The third kappa shape index (κ3) is 8.67. The number of nitrogens with zero attached hydrogens (tertiary/aromatic N) is 3. The molecular formula is C22H38IN5O2. The van der Waals surface area contributed by atoms with Crippen LogP contribution in [0.3, 0.4) is 0 Å². The van der Waals surface area contributed by atoms with Gasteiger partial charge in [-0.25, -0.2) is 4.99 Å². The first kappa shape index (κ1) is 26.5. The van der Waals surface area contributed by atoms with Crippen LogP contribution in [0, 0.1) is 0 Å². The number of carbonyl (C=O) groups is 1. The highest BCUT2D eigenvalue weighted by atomic mass is 127. The molecule has 0 aromatic heterocycles. The number of methoxy groups -OCH3 is 1. The van der Waals surface area contributed by atoms with Crippen LogP contribution in [0.15, 0.2) is 29.3 Å². The molecule has 1 fully saturated rings. The number of unbranched alkanes of at least 4 members (excludes halogenated alkanes) is 1. The zero-order chi connectivity index (χ0) is 21.1. The molecule has 2 N–H and O–H groups in total. The lowest BCUT2D eigenvalue weighted by Crippen LogP contribution is -2.43. The number of likely N-dealkylation sites (tertiary alicyclic amines) is 1. The zero-order valence-electron chi connectivity index (χ0n) is 18.8. The molecule has 170 valence electrons. The van der Waals surface area contributed by atoms with Gasteiger partial charge in [0.1, 0.15) is 12.3 Å². The summed E-state index contributed by atoms with van der Waals surface area (Å²) in [7, 11) is 5.20. The number of benzene rings is 1. The molecule has 0 saturated carbocycles. The van der Waals surface area contributed by atoms with Gasteiger partial charge in [-0.1, -0.05) is 25.5 Å². The molecule has 0 bridgehead atoms. The lowest BCUT2D eigenvalue weighted by molar-refractivity contribution is -0.127. The molecule has 1 aromatic rings. The molecule has 2 rings (SSSR count). The van der Waals surface area contributed by atoms with Crippen molar-refractivity contribution in [3.05, 3.63) is 29.8 Å². The molecule has 7 nitrogen and oxygen atoms in total. The van der Waals surface area contributed by atoms with Gasteiger partial charge in [0, 0.05) is 27.2 Å². The minimum absolute atomic E-state index is 0. The predicted molar refractivity (Wildman–Crippen MR) is 134 cm³/mol. The zero-order valence-corrected chi connectivity index (χ0v) is 21.1. The van der Waals surface area contributed by atoms with Crippen molar-refractivity contribution >= 4 is 35.8 Å². The fraction of sp³-hybridized carbons (Fsp3) is 0.636. The molecule has 0 radical (unpaired) electrons. The first-order chi connectivity index (χ1) is 14.0. The van der Waals surface area contributed by atoms with E-state index < -0.39 is 0 Å². The van der Waals surface area contributed by atoms with Crippen molar-refractivity contribution in [2.75, 3.05) is 53.9 Å². The fourth-order valence-corrected chi connectivity index (χ4v) is 3.40. The molecule has 1 atom stereocenters. The van der Waals surface area contributed by atoms with Crippen molar-refractivity contribution in [3.63, 3.8) is 0 Å². The Morgan fingerprint density at radius 3 is 2.63 bits per heavy atom. The van der Waals surface area contributed by atoms with Crippen molar-refractivity contribution < 1.29 is 9.53 Å². The lowest BCUT2D eigenvalue weighted by Gasteiger charge is -2.29. The summed E-state index contributed by atoms with van der Waals surface area (Å²) in [4.78, 5) is 20.5. The summed E-state index contributed by atoms with van der Waals surface area (Å²) in [5.74, 6) is 1.56. The van der Waals surface area contributed by atoms with Gasteiger partial charge in [-0.3, -0.25) is 9.69 Å². The van der Waals surface area contributed by atoms with Crippen molar-refractivity contribution in [2.45, 2.75) is 38.6 Å². The Morgan fingerprint density at radius 2 is 2.00 bits per heavy atom. The van der Waals surface area contributed by atoms with Crippen molar-refractivity contribution in [2.24, 2.45) is 4.99 Å². The average Bonchev–Trinajstić information content (AvgIpc) is 3.26. The van der Waals surface area contributed by atoms with Crippen LogP contribution in [0.2, 0.25) is 0 Å². The van der Waals surface area contributed by atoms with Gasteiger partial charge < -0.3 is 20.3 Å². The molecule has 1 aromatic carbocycles. The molecule has 8 heteroatoms. The maximum atomic E-state index is 12.0. The Labute approximate surface area is 198 Å². The summed E-state index contributed by atoms with van der Waals surface area (Å²) in [6.07, 6.45) is 4.63. The average molecular weight is 531 g/mol. The number of amides is 1. The van der Waals surface area contributed by atoms with Crippen LogP contribution in [0.5, 0.6) is 5.75 Å². The van der Waals surface area contributed by atoms with E-state index >= 15 is 0 Å².